The van der Waals surface area contributed by atoms with Gasteiger partial charge in [0, 0.05) is 15.9 Å². The Hall–Kier alpha value is -1.53. The van der Waals surface area contributed by atoms with Gasteiger partial charge in [-0.25, -0.2) is 9.37 Å². The van der Waals surface area contributed by atoms with Gasteiger partial charge in [0.05, 0.1) is 0 Å². The van der Waals surface area contributed by atoms with Crippen molar-refractivity contribution < 1.29 is 8.81 Å². The maximum Gasteiger partial charge on any atom is 0.257 e. The van der Waals surface area contributed by atoms with Crippen LogP contribution in [0.15, 0.2) is 50.5 Å². The molecule has 102 valence electrons. The quantitative estimate of drug-likeness (QED) is 0.552. The Labute approximate surface area is 127 Å². The van der Waals surface area contributed by atoms with Crippen molar-refractivity contribution in [3.8, 4) is 0 Å². The second-order valence-electron chi connectivity index (χ2n) is 4.23. The fraction of sp³-hybridized carbons (Fsp3) is 0.0714. The number of nitrogens with two attached hydrogens (primary N) is 1. The molecule has 0 aliphatic rings. The molecule has 0 spiro atoms. The number of rotatable bonds is 3. The minimum Gasteiger partial charge on any atom is -0.431 e. The van der Waals surface area contributed by atoms with E-state index in [1.165, 1.54) is 17.8 Å². The van der Waals surface area contributed by atoms with E-state index in [1.807, 2.05) is 6.07 Å². The summed E-state index contributed by atoms with van der Waals surface area (Å²) < 4.78 is 20.0. The van der Waals surface area contributed by atoms with Crippen LogP contribution in [0.4, 0.5) is 10.1 Å². The average molecular weight is 353 g/mol. The zero-order valence-corrected chi connectivity index (χ0v) is 12.7. The van der Waals surface area contributed by atoms with Gasteiger partial charge in [-0.1, -0.05) is 33.8 Å². The molecule has 0 unspecified atom stereocenters. The summed E-state index contributed by atoms with van der Waals surface area (Å²) in [7, 11) is 0. The minimum absolute atomic E-state index is 0.243. The number of thioether (sulfide) groups is 1. The van der Waals surface area contributed by atoms with Gasteiger partial charge in [0.1, 0.15) is 11.3 Å². The molecule has 0 fully saturated rings. The normalized spacial score (nSPS) is 11.1. The molecule has 1 heterocycles. The van der Waals surface area contributed by atoms with Crippen LogP contribution < -0.4 is 5.73 Å². The van der Waals surface area contributed by atoms with Crippen LogP contribution >= 0.6 is 27.7 Å². The van der Waals surface area contributed by atoms with Gasteiger partial charge in [-0.2, -0.15) is 0 Å². The van der Waals surface area contributed by atoms with Crippen molar-refractivity contribution in [3.05, 3.63) is 52.3 Å². The highest BCUT2D eigenvalue weighted by Gasteiger charge is 2.09. The van der Waals surface area contributed by atoms with E-state index < -0.39 is 0 Å². The molecule has 0 aliphatic heterocycles. The lowest BCUT2D eigenvalue weighted by atomic mass is 10.2. The van der Waals surface area contributed by atoms with Gasteiger partial charge in [0.2, 0.25) is 0 Å². The summed E-state index contributed by atoms with van der Waals surface area (Å²) in [6, 6.07) is 10.3. The van der Waals surface area contributed by atoms with Crippen LogP contribution in [0.3, 0.4) is 0 Å². The monoisotopic (exact) mass is 352 g/mol. The minimum atomic E-state index is -0.243. The van der Waals surface area contributed by atoms with Crippen molar-refractivity contribution in [2.24, 2.45) is 0 Å². The summed E-state index contributed by atoms with van der Waals surface area (Å²) in [5.41, 5.74) is 8.33. The smallest absolute Gasteiger partial charge is 0.257 e. The molecule has 0 radical (unpaired) electrons. The summed E-state index contributed by atoms with van der Waals surface area (Å²) in [5, 5.41) is 0.507. The summed E-state index contributed by atoms with van der Waals surface area (Å²) in [6.07, 6.45) is 0. The van der Waals surface area contributed by atoms with E-state index >= 15 is 0 Å². The number of halogens is 2. The molecule has 0 amide bonds. The van der Waals surface area contributed by atoms with Crippen molar-refractivity contribution in [1.29, 1.82) is 0 Å². The van der Waals surface area contributed by atoms with Gasteiger partial charge in [-0.15, -0.1) is 0 Å². The molecular weight excluding hydrogens is 343 g/mol. The first-order valence-corrected chi connectivity index (χ1v) is 7.62. The Morgan fingerprint density at radius 1 is 1.25 bits per heavy atom. The standard InChI is InChI=1S/C14H10BrFN2OS/c15-9-2-1-8(11(16)5-9)7-20-14-18-12-6-10(17)3-4-13(12)19-14/h1-6H,7,17H2. The number of hydrogen-bond donors (Lipinski definition) is 1. The number of benzene rings is 2. The molecule has 3 aromatic rings. The first-order chi connectivity index (χ1) is 9.61. The molecule has 6 heteroatoms. The van der Waals surface area contributed by atoms with Crippen molar-refractivity contribution in [3.63, 3.8) is 0 Å². The third kappa shape index (κ3) is 2.81. The summed E-state index contributed by atoms with van der Waals surface area (Å²) >= 11 is 4.58. The molecule has 3 nitrogen and oxygen atoms in total. The lowest BCUT2D eigenvalue weighted by Gasteiger charge is -2.01. The van der Waals surface area contributed by atoms with Crippen LogP contribution in [0.2, 0.25) is 0 Å². The van der Waals surface area contributed by atoms with Crippen LogP contribution in [0.25, 0.3) is 11.1 Å². The summed E-state index contributed by atoms with van der Waals surface area (Å²) in [4.78, 5) is 4.32. The topological polar surface area (TPSA) is 52.0 Å². The van der Waals surface area contributed by atoms with Gasteiger partial charge < -0.3 is 10.2 Å². The van der Waals surface area contributed by atoms with E-state index in [1.54, 1.807) is 24.3 Å². The summed E-state index contributed by atoms with van der Waals surface area (Å²) in [6.45, 7) is 0. The molecule has 0 saturated heterocycles. The van der Waals surface area contributed by atoms with Crippen LogP contribution in [-0.4, -0.2) is 4.98 Å². The Kier molecular flexibility index (Phi) is 3.67. The third-order valence-corrected chi connectivity index (χ3v) is 4.13. The third-order valence-electron chi connectivity index (χ3n) is 2.76. The molecule has 0 atom stereocenters. The molecule has 3 rings (SSSR count). The fourth-order valence-electron chi connectivity index (χ4n) is 1.76. The number of anilines is 1. The first-order valence-electron chi connectivity index (χ1n) is 5.84. The maximum absolute atomic E-state index is 13.7. The lowest BCUT2D eigenvalue weighted by Crippen LogP contribution is -1.87. The highest BCUT2D eigenvalue weighted by atomic mass is 79.9. The SMILES string of the molecule is Nc1ccc2oc(SCc3ccc(Br)cc3F)nc2c1. The van der Waals surface area contributed by atoms with E-state index in [2.05, 4.69) is 20.9 Å². The number of nitrogens with zero attached hydrogens (tertiary/aromatic N) is 1. The highest BCUT2D eigenvalue weighted by molar-refractivity contribution is 9.10. The largest absolute Gasteiger partial charge is 0.431 e. The predicted molar refractivity (Wildman–Crippen MR) is 82.1 cm³/mol. The number of aromatic nitrogens is 1. The highest BCUT2D eigenvalue weighted by Crippen LogP contribution is 2.28. The molecule has 2 aromatic carbocycles. The maximum atomic E-state index is 13.7. The number of fused-ring (bicyclic) bond motifs is 1. The average Bonchev–Trinajstić information content (AvgIpc) is 2.79. The Morgan fingerprint density at radius 3 is 2.90 bits per heavy atom. The van der Waals surface area contributed by atoms with Gasteiger partial charge in [-0.3, -0.25) is 0 Å². The lowest BCUT2D eigenvalue weighted by molar-refractivity contribution is 0.489. The van der Waals surface area contributed by atoms with E-state index in [-0.39, 0.29) is 5.82 Å². The Balaban J connectivity index is 1.79. The van der Waals surface area contributed by atoms with Crippen LogP contribution in [0, 0.1) is 5.82 Å². The van der Waals surface area contributed by atoms with Crippen LogP contribution in [0.1, 0.15) is 5.56 Å². The molecule has 1 aromatic heterocycles. The first kappa shape index (κ1) is 13.5. The Morgan fingerprint density at radius 2 is 2.10 bits per heavy atom. The van der Waals surface area contributed by atoms with E-state index in [4.69, 9.17) is 10.2 Å². The van der Waals surface area contributed by atoms with Gasteiger partial charge in [0.15, 0.2) is 5.58 Å². The van der Waals surface area contributed by atoms with Crippen LogP contribution in [-0.2, 0) is 5.75 Å². The zero-order valence-electron chi connectivity index (χ0n) is 10.3. The second-order valence-corrected chi connectivity index (χ2v) is 6.07. The number of oxazole rings is 1. The molecule has 20 heavy (non-hydrogen) atoms. The molecule has 0 saturated carbocycles. The van der Waals surface area contributed by atoms with Crippen molar-refractivity contribution in [1.82, 2.24) is 4.98 Å². The van der Waals surface area contributed by atoms with Gasteiger partial charge >= 0.3 is 0 Å². The van der Waals surface area contributed by atoms with Gasteiger partial charge in [0.25, 0.3) is 5.22 Å². The van der Waals surface area contributed by atoms with E-state index in [9.17, 15) is 4.39 Å². The second kappa shape index (κ2) is 5.46. The molecular formula is C14H10BrFN2OS. The van der Waals surface area contributed by atoms with Crippen molar-refractivity contribution in [2.45, 2.75) is 11.0 Å². The number of hydrogen-bond acceptors (Lipinski definition) is 4. The predicted octanol–water partition coefficient (Wildman–Crippen LogP) is 4.60. The van der Waals surface area contributed by atoms with Gasteiger partial charge in [-0.05, 0) is 35.9 Å². The molecule has 0 bridgehead atoms. The van der Waals surface area contributed by atoms with Crippen molar-refractivity contribution >= 4 is 44.5 Å². The number of nitrogen functional groups attached to an aromatic ring is 1. The fourth-order valence-corrected chi connectivity index (χ4v) is 2.92. The molecule has 0 aliphatic carbocycles. The van der Waals surface area contributed by atoms with E-state index in [0.717, 1.165) is 4.47 Å². The zero-order chi connectivity index (χ0) is 14.1. The Bertz CT molecular complexity index is 775. The van der Waals surface area contributed by atoms with E-state index in [0.29, 0.717) is 33.3 Å². The van der Waals surface area contributed by atoms with Crippen LogP contribution in [0.5, 0.6) is 0 Å². The van der Waals surface area contributed by atoms with Crippen molar-refractivity contribution in [2.75, 3.05) is 5.73 Å². The molecule has 2 N–H and O–H groups in total. The summed E-state index contributed by atoms with van der Waals surface area (Å²) in [5.74, 6) is 0.216.